The van der Waals surface area contributed by atoms with Crippen LogP contribution in [0.5, 0.6) is 5.75 Å². The van der Waals surface area contributed by atoms with Gasteiger partial charge in [-0.1, -0.05) is 13.0 Å². The third-order valence-electron chi connectivity index (χ3n) is 3.49. The van der Waals surface area contributed by atoms with Crippen LogP contribution < -0.4 is 10.1 Å². The topological polar surface area (TPSA) is 21.3 Å². The van der Waals surface area contributed by atoms with Crippen LogP contribution in [0.3, 0.4) is 0 Å². The van der Waals surface area contributed by atoms with E-state index in [2.05, 4.69) is 38.2 Å². The Morgan fingerprint density at radius 1 is 1.35 bits per heavy atom. The highest BCUT2D eigenvalue weighted by Gasteiger charge is 2.26. The summed E-state index contributed by atoms with van der Waals surface area (Å²) in [5.74, 6) is 1.83. The number of hydrogen-bond acceptors (Lipinski definition) is 2. The monoisotopic (exact) mass is 233 g/mol. The molecule has 0 unspecified atom stereocenters. The third-order valence-corrected chi connectivity index (χ3v) is 3.49. The van der Waals surface area contributed by atoms with Crippen LogP contribution in [0.15, 0.2) is 12.1 Å². The zero-order valence-corrected chi connectivity index (χ0v) is 11.3. The van der Waals surface area contributed by atoms with Crippen LogP contribution in [0.4, 0.5) is 0 Å². The Bertz CT molecular complexity index is 400. The molecule has 0 radical (unpaired) electrons. The van der Waals surface area contributed by atoms with Gasteiger partial charge < -0.3 is 10.1 Å². The molecule has 1 fully saturated rings. The zero-order valence-electron chi connectivity index (χ0n) is 11.3. The Hall–Kier alpha value is -1.02. The van der Waals surface area contributed by atoms with Crippen molar-refractivity contribution in [3.05, 3.63) is 28.8 Å². The Morgan fingerprint density at radius 3 is 2.71 bits per heavy atom. The predicted octanol–water partition coefficient (Wildman–Crippen LogP) is 3.37. The summed E-state index contributed by atoms with van der Waals surface area (Å²) < 4.78 is 5.81. The fourth-order valence-electron chi connectivity index (χ4n) is 2.79. The first kappa shape index (κ1) is 12.4. The number of aryl methyl sites for hydroxylation is 2. The molecule has 2 atom stereocenters. The van der Waals surface area contributed by atoms with E-state index in [4.69, 9.17) is 4.74 Å². The minimum absolute atomic E-state index is 0.465. The van der Waals surface area contributed by atoms with E-state index in [9.17, 15) is 0 Å². The summed E-state index contributed by atoms with van der Waals surface area (Å²) >= 11 is 0. The van der Waals surface area contributed by atoms with Crippen LogP contribution in [0.2, 0.25) is 0 Å². The standard InChI is InChI=1S/C15H23NO/c1-5-17-14-8-10(2)6-12(4)15(14)13-7-11(3)9-16-13/h6,8,11,13,16H,5,7,9H2,1-4H3/t11-,13+/m1/s1. The van der Waals surface area contributed by atoms with E-state index in [0.717, 1.165) is 24.8 Å². The van der Waals surface area contributed by atoms with Crippen LogP contribution in [0, 0.1) is 19.8 Å². The molecule has 1 aromatic rings. The van der Waals surface area contributed by atoms with Crippen molar-refractivity contribution in [3.63, 3.8) is 0 Å². The summed E-state index contributed by atoms with van der Waals surface area (Å²) in [6.07, 6.45) is 1.21. The molecule has 1 aliphatic rings. The summed E-state index contributed by atoms with van der Waals surface area (Å²) in [5, 5.41) is 3.60. The summed E-state index contributed by atoms with van der Waals surface area (Å²) in [4.78, 5) is 0. The Kier molecular flexibility index (Phi) is 3.72. The second kappa shape index (κ2) is 5.09. The quantitative estimate of drug-likeness (QED) is 0.864. The van der Waals surface area contributed by atoms with E-state index in [1.54, 1.807) is 0 Å². The van der Waals surface area contributed by atoms with Crippen molar-refractivity contribution in [1.82, 2.24) is 5.32 Å². The molecule has 0 amide bonds. The summed E-state index contributed by atoms with van der Waals surface area (Å²) in [6, 6.07) is 4.88. The third kappa shape index (κ3) is 2.63. The van der Waals surface area contributed by atoms with Crippen LogP contribution in [0.25, 0.3) is 0 Å². The second-order valence-corrected chi connectivity index (χ2v) is 5.23. The number of rotatable bonds is 3. The molecule has 0 bridgehead atoms. The van der Waals surface area contributed by atoms with Crippen LogP contribution >= 0.6 is 0 Å². The molecule has 1 aromatic carbocycles. The molecule has 2 rings (SSSR count). The SMILES string of the molecule is CCOc1cc(C)cc(C)c1[C@@H]1C[C@@H](C)CN1. The second-order valence-electron chi connectivity index (χ2n) is 5.23. The van der Waals surface area contributed by atoms with Gasteiger partial charge in [-0.05, 0) is 56.8 Å². The minimum Gasteiger partial charge on any atom is -0.494 e. The molecule has 0 saturated carbocycles. The van der Waals surface area contributed by atoms with Gasteiger partial charge in [-0.3, -0.25) is 0 Å². The molecule has 1 N–H and O–H groups in total. The van der Waals surface area contributed by atoms with Gasteiger partial charge in [0.25, 0.3) is 0 Å². The fraction of sp³-hybridized carbons (Fsp3) is 0.600. The fourth-order valence-corrected chi connectivity index (χ4v) is 2.79. The molecule has 1 heterocycles. The molecule has 17 heavy (non-hydrogen) atoms. The van der Waals surface area contributed by atoms with E-state index in [1.807, 2.05) is 6.92 Å². The van der Waals surface area contributed by atoms with Gasteiger partial charge in [0, 0.05) is 11.6 Å². The van der Waals surface area contributed by atoms with Crippen molar-refractivity contribution in [3.8, 4) is 5.75 Å². The highest BCUT2D eigenvalue weighted by Crippen LogP contribution is 2.36. The molecule has 1 aliphatic heterocycles. The number of nitrogens with one attached hydrogen (secondary N) is 1. The van der Waals surface area contributed by atoms with E-state index in [0.29, 0.717) is 6.04 Å². The molecular weight excluding hydrogens is 210 g/mol. The van der Waals surface area contributed by atoms with Crippen molar-refractivity contribution >= 4 is 0 Å². The van der Waals surface area contributed by atoms with Crippen molar-refractivity contribution in [2.45, 2.75) is 40.2 Å². The molecule has 0 spiro atoms. The minimum atomic E-state index is 0.465. The molecule has 0 aromatic heterocycles. The first-order valence-electron chi connectivity index (χ1n) is 6.59. The van der Waals surface area contributed by atoms with Gasteiger partial charge in [0.2, 0.25) is 0 Å². The molecular formula is C15H23NO. The number of ether oxygens (including phenoxy) is 1. The molecule has 94 valence electrons. The van der Waals surface area contributed by atoms with E-state index < -0.39 is 0 Å². The van der Waals surface area contributed by atoms with Crippen LogP contribution in [-0.2, 0) is 0 Å². The smallest absolute Gasteiger partial charge is 0.124 e. The molecule has 1 saturated heterocycles. The molecule has 2 nitrogen and oxygen atoms in total. The molecule has 0 aliphatic carbocycles. The van der Waals surface area contributed by atoms with Crippen molar-refractivity contribution in [1.29, 1.82) is 0 Å². The van der Waals surface area contributed by atoms with Crippen molar-refractivity contribution in [2.24, 2.45) is 5.92 Å². The lowest BCUT2D eigenvalue weighted by molar-refractivity contribution is 0.332. The van der Waals surface area contributed by atoms with Crippen molar-refractivity contribution in [2.75, 3.05) is 13.2 Å². The highest BCUT2D eigenvalue weighted by molar-refractivity contribution is 5.45. The van der Waals surface area contributed by atoms with Crippen molar-refractivity contribution < 1.29 is 4.74 Å². The maximum atomic E-state index is 5.81. The summed E-state index contributed by atoms with van der Waals surface area (Å²) in [7, 11) is 0. The van der Waals surface area contributed by atoms with Gasteiger partial charge in [-0.25, -0.2) is 0 Å². The maximum absolute atomic E-state index is 5.81. The number of hydrogen-bond donors (Lipinski definition) is 1. The van der Waals surface area contributed by atoms with Crippen LogP contribution in [0.1, 0.15) is 43.0 Å². The summed E-state index contributed by atoms with van der Waals surface area (Å²) in [6.45, 7) is 10.5. The Labute approximate surface area is 104 Å². The van der Waals surface area contributed by atoms with Gasteiger partial charge in [0.05, 0.1) is 6.61 Å². The van der Waals surface area contributed by atoms with Gasteiger partial charge in [0.1, 0.15) is 5.75 Å². The maximum Gasteiger partial charge on any atom is 0.124 e. The van der Waals surface area contributed by atoms with Gasteiger partial charge in [-0.15, -0.1) is 0 Å². The molecule has 2 heteroatoms. The predicted molar refractivity (Wildman–Crippen MR) is 71.6 cm³/mol. The van der Waals surface area contributed by atoms with Gasteiger partial charge in [-0.2, -0.15) is 0 Å². The first-order chi connectivity index (χ1) is 8.11. The lowest BCUT2D eigenvalue weighted by Gasteiger charge is -2.19. The normalized spacial score (nSPS) is 24.0. The van der Waals surface area contributed by atoms with E-state index in [-0.39, 0.29) is 0 Å². The lowest BCUT2D eigenvalue weighted by atomic mass is 9.95. The van der Waals surface area contributed by atoms with E-state index in [1.165, 1.54) is 23.1 Å². The van der Waals surface area contributed by atoms with Crippen LogP contribution in [-0.4, -0.2) is 13.2 Å². The van der Waals surface area contributed by atoms with E-state index >= 15 is 0 Å². The number of benzene rings is 1. The van der Waals surface area contributed by atoms with Gasteiger partial charge >= 0.3 is 0 Å². The highest BCUT2D eigenvalue weighted by atomic mass is 16.5. The lowest BCUT2D eigenvalue weighted by Crippen LogP contribution is -2.16. The first-order valence-corrected chi connectivity index (χ1v) is 6.59. The van der Waals surface area contributed by atoms with Gasteiger partial charge in [0.15, 0.2) is 0 Å². The average Bonchev–Trinajstić information content (AvgIpc) is 2.64. The largest absolute Gasteiger partial charge is 0.494 e. The Balaban J connectivity index is 2.36. The zero-order chi connectivity index (χ0) is 12.4. The summed E-state index contributed by atoms with van der Waals surface area (Å²) in [5.41, 5.74) is 3.99. The average molecular weight is 233 g/mol. The Morgan fingerprint density at radius 2 is 2.12 bits per heavy atom.